The number of nitrogen functional groups attached to an aromatic ring is 1. The molecule has 0 amide bonds. The van der Waals surface area contributed by atoms with Gasteiger partial charge in [0, 0.05) is 6.04 Å². The average molecular weight is 274 g/mol. The summed E-state index contributed by atoms with van der Waals surface area (Å²) >= 11 is 0. The summed E-state index contributed by atoms with van der Waals surface area (Å²) in [6.07, 6.45) is -0.823. The van der Waals surface area contributed by atoms with Crippen LogP contribution in [0, 0.1) is 0 Å². The molecule has 0 bridgehead atoms. The summed E-state index contributed by atoms with van der Waals surface area (Å²) in [4.78, 5) is 0. The van der Waals surface area contributed by atoms with Crippen LogP contribution >= 0.6 is 0 Å². The minimum Gasteiger partial charge on any atom is -0.487 e. The van der Waals surface area contributed by atoms with Crippen LogP contribution in [0.15, 0.2) is 18.2 Å². The molecule has 3 nitrogen and oxygen atoms in total. The zero-order valence-corrected chi connectivity index (χ0v) is 10.4. The first-order chi connectivity index (χ1) is 8.88. The lowest BCUT2D eigenvalue weighted by atomic mass is 9.93. The Balaban J connectivity index is 2.13. The van der Waals surface area contributed by atoms with Gasteiger partial charge in [-0.3, -0.25) is 0 Å². The van der Waals surface area contributed by atoms with Crippen LogP contribution < -0.4 is 16.2 Å². The zero-order chi connectivity index (χ0) is 14.0. The highest BCUT2D eigenvalue weighted by Crippen LogP contribution is 2.34. The van der Waals surface area contributed by atoms with Gasteiger partial charge < -0.3 is 16.2 Å². The van der Waals surface area contributed by atoms with Crippen LogP contribution in [0.5, 0.6) is 5.75 Å². The second kappa shape index (κ2) is 5.28. The van der Waals surface area contributed by atoms with Crippen molar-refractivity contribution in [2.24, 2.45) is 5.73 Å². The Morgan fingerprint density at radius 1 is 1.16 bits per heavy atom. The third kappa shape index (κ3) is 3.32. The van der Waals surface area contributed by atoms with Crippen molar-refractivity contribution in [1.82, 2.24) is 0 Å². The number of anilines is 1. The van der Waals surface area contributed by atoms with E-state index in [9.17, 15) is 13.2 Å². The maximum Gasteiger partial charge on any atom is 0.416 e. The molecule has 2 rings (SSSR count). The fourth-order valence-electron chi connectivity index (χ4n) is 2.27. The normalized spacial score (nSPS) is 24.2. The number of hydrogen-bond acceptors (Lipinski definition) is 3. The molecule has 4 N–H and O–H groups in total. The second-order valence-electron chi connectivity index (χ2n) is 4.85. The van der Waals surface area contributed by atoms with Gasteiger partial charge in [0.1, 0.15) is 11.9 Å². The molecule has 0 saturated heterocycles. The summed E-state index contributed by atoms with van der Waals surface area (Å²) < 4.78 is 43.2. The third-order valence-corrected chi connectivity index (χ3v) is 3.37. The number of hydrogen-bond donors (Lipinski definition) is 2. The standard InChI is InChI=1S/C13H17F3N2O/c14-13(15,16)8-5-6-12(10(18)7-8)19-11-4-2-1-3-9(11)17/h5-7,9,11H,1-4,17-18H2. The number of alkyl halides is 3. The number of benzene rings is 1. The van der Waals surface area contributed by atoms with E-state index in [4.69, 9.17) is 16.2 Å². The Morgan fingerprint density at radius 2 is 1.84 bits per heavy atom. The Hall–Kier alpha value is -1.43. The first kappa shape index (κ1) is 14.0. The molecule has 1 aromatic rings. The Bertz CT molecular complexity index is 448. The molecule has 6 heteroatoms. The molecule has 1 aromatic carbocycles. The van der Waals surface area contributed by atoms with Gasteiger partial charge in [-0.25, -0.2) is 0 Å². The second-order valence-corrected chi connectivity index (χ2v) is 4.85. The Morgan fingerprint density at radius 3 is 2.42 bits per heavy atom. The molecular formula is C13H17F3N2O. The average Bonchev–Trinajstić information content (AvgIpc) is 2.33. The van der Waals surface area contributed by atoms with Crippen molar-refractivity contribution in [3.63, 3.8) is 0 Å². The lowest BCUT2D eigenvalue weighted by Crippen LogP contribution is -2.41. The largest absolute Gasteiger partial charge is 0.487 e. The van der Waals surface area contributed by atoms with Crippen molar-refractivity contribution in [3.8, 4) is 5.75 Å². The minimum absolute atomic E-state index is 0.00685. The van der Waals surface area contributed by atoms with E-state index >= 15 is 0 Å². The fourth-order valence-corrected chi connectivity index (χ4v) is 2.27. The van der Waals surface area contributed by atoms with Crippen molar-refractivity contribution in [2.45, 2.75) is 44.0 Å². The predicted octanol–water partition coefficient (Wildman–Crippen LogP) is 2.94. The van der Waals surface area contributed by atoms with Gasteiger partial charge in [-0.2, -0.15) is 13.2 Å². The number of ether oxygens (including phenoxy) is 1. The van der Waals surface area contributed by atoms with Crippen LogP contribution in [0.2, 0.25) is 0 Å². The molecule has 106 valence electrons. The van der Waals surface area contributed by atoms with Gasteiger partial charge in [0.05, 0.1) is 11.3 Å². The minimum atomic E-state index is -4.39. The van der Waals surface area contributed by atoms with E-state index in [1.165, 1.54) is 6.07 Å². The molecule has 0 spiro atoms. The van der Waals surface area contributed by atoms with Crippen molar-refractivity contribution in [2.75, 3.05) is 5.73 Å². The van der Waals surface area contributed by atoms with Crippen molar-refractivity contribution in [1.29, 1.82) is 0 Å². The fraction of sp³-hybridized carbons (Fsp3) is 0.538. The van der Waals surface area contributed by atoms with Crippen LogP contribution in [0.25, 0.3) is 0 Å². The van der Waals surface area contributed by atoms with E-state index in [1.54, 1.807) is 0 Å². The van der Waals surface area contributed by atoms with Gasteiger partial charge in [0.2, 0.25) is 0 Å². The first-order valence-electron chi connectivity index (χ1n) is 6.27. The molecule has 1 saturated carbocycles. The predicted molar refractivity (Wildman–Crippen MR) is 66.7 cm³/mol. The highest BCUT2D eigenvalue weighted by molar-refractivity contribution is 5.54. The number of halogens is 3. The van der Waals surface area contributed by atoms with Crippen LogP contribution in [0.3, 0.4) is 0 Å². The summed E-state index contributed by atoms with van der Waals surface area (Å²) in [6.45, 7) is 0. The summed E-state index contributed by atoms with van der Waals surface area (Å²) in [5, 5.41) is 0. The monoisotopic (exact) mass is 274 g/mol. The Kier molecular flexibility index (Phi) is 3.89. The quantitative estimate of drug-likeness (QED) is 0.815. The lowest BCUT2D eigenvalue weighted by molar-refractivity contribution is -0.137. The van der Waals surface area contributed by atoms with Crippen molar-refractivity contribution < 1.29 is 17.9 Å². The smallest absolute Gasteiger partial charge is 0.416 e. The first-order valence-corrected chi connectivity index (χ1v) is 6.27. The highest BCUT2D eigenvalue weighted by atomic mass is 19.4. The van der Waals surface area contributed by atoms with Crippen LogP contribution in [0.4, 0.5) is 18.9 Å². The van der Waals surface area contributed by atoms with Crippen molar-refractivity contribution >= 4 is 5.69 Å². The van der Waals surface area contributed by atoms with E-state index in [0.29, 0.717) is 0 Å². The molecule has 2 unspecified atom stereocenters. The van der Waals surface area contributed by atoms with Gasteiger partial charge in [0.15, 0.2) is 0 Å². The third-order valence-electron chi connectivity index (χ3n) is 3.37. The molecule has 0 aliphatic heterocycles. The molecule has 0 aromatic heterocycles. The molecule has 0 heterocycles. The Labute approximate surface area is 109 Å². The van der Waals surface area contributed by atoms with Gasteiger partial charge in [-0.1, -0.05) is 6.42 Å². The molecule has 1 fully saturated rings. The molecule has 1 aliphatic rings. The van der Waals surface area contributed by atoms with Gasteiger partial charge in [0.25, 0.3) is 0 Å². The van der Waals surface area contributed by atoms with E-state index in [1.807, 2.05) is 0 Å². The molecule has 1 aliphatic carbocycles. The SMILES string of the molecule is Nc1cc(C(F)(F)F)ccc1OC1CCCCC1N. The highest BCUT2D eigenvalue weighted by Gasteiger charge is 2.31. The van der Waals surface area contributed by atoms with E-state index in [2.05, 4.69) is 0 Å². The number of nitrogens with two attached hydrogens (primary N) is 2. The molecule has 2 atom stereocenters. The summed E-state index contributed by atoms with van der Waals surface area (Å²) in [5.41, 5.74) is 10.8. The van der Waals surface area contributed by atoms with Crippen LogP contribution in [-0.2, 0) is 6.18 Å². The van der Waals surface area contributed by atoms with E-state index < -0.39 is 11.7 Å². The van der Waals surface area contributed by atoms with Crippen LogP contribution in [0.1, 0.15) is 31.2 Å². The number of rotatable bonds is 2. The maximum absolute atomic E-state index is 12.5. The van der Waals surface area contributed by atoms with Gasteiger partial charge in [-0.15, -0.1) is 0 Å². The van der Waals surface area contributed by atoms with Crippen LogP contribution in [-0.4, -0.2) is 12.1 Å². The zero-order valence-electron chi connectivity index (χ0n) is 10.4. The summed E-state index contributed by atoms with van der Waals surface area (Å²) in [6, 6.07) is 3.04. The summed E-state index contributed by atoms with van der Waals surface area (Å²) in [7, 11) is 0. The molecule has 0 radical (unpaired) electrons. The van der Waals surface area contributed by atoms with E-state index in [0.717, 1.165) is 37.8 Å². The van der Waals surface area contributed by atoms with E-state index in [-0.39, 0.29) is 23.6 Å². The lowest BCUT2D eigenvalue weighted by Gasteiger charge is -2.29. The van der Waals surface area contributed by atoms with Gasteiger partial charge >= 0.3 is 6.18 Å². The van der Waals surface area contributed by atoms with Gasteiger partial charge in [-0.05, 0) is 37.5 Å². The molecule has 19 heavy (non-hydrogen) atoms. The maximum atomic E-state index is 12.5. The topological polar surface area (TPSA) is 61.3 Å². The molecular weight excluding hydrogens is 257 g/mol. The summed E-state index contributed by atoms with van der Waals surface area (Å²) in [5.74, 6) is 0.273. The van der Waals surface area contributed by atoms with Crippen molar-refractivity contribution in [3.05, 3.63) is 23.8 Å².